The molecular weight excluding hydrogens is 662 g/mol. The van der Waals surface area contributed by atoms with Gasteiger partial charge in [0.15, 0.2) is 0 Å². The fourth-order valence-corrected chi connectivity index (χ4v) is 6.01. The molecule has 0 aliphatic heterocycles. The Kier molecular flexibility index (Phi) is 29.4. The van der Waals surface area contributed by atoms with Crippen molar-refractivity contribution in [3.05, 3.63) is 48.5 Å². The normalized spacial score (nSPS) is 11.2. The largest absolute Gasteiger partial charge is 0.494 e. The van der Waals surface area contributed by atoms with Crippen LogP contribution >= 0.6 is 71.2 Å². The van der Waals surface area contributed by atoms with Crippen LogP contribution in [-0.2, 0) is 9.59 Å². The van der Waals surface area contributed by atoms with Gasteiger partial charge in [0.25, 0.3) is 0 Å². The maximum Gasteiger partial charge on any atom is 0.221 e. The van der Waals surface area contributed by atoms with Crippen LogP contribution in [0.1, 0.15) is 52.4 Å². The van der Waals surface area contributed by atoms with Crippen LogP contribution in [0.5, 0.6) is 11.5 Å². The molecule has 0 aliphatic carbocycles. The first-order valence-electron chi connectivity index (χ1n) is 13.1. The summed E-state index contributed by atoms with van der Waals surface area (Å²) in [6, 6.07) is 15.1. The maximum atomic E-state index is 11.1. The fraction of sp³-hybridized carbons (Fsp3) is 0.500. The van der Waals surface area contributed by atoms with Crippen LogP contribution in [0.2, 0.25) is 0 Å². The molecule has 6 N–H and O–H groups in total. The summed E-state index contributed by atoms with van der Waals surface area (Å²) >= 11 is 0. The second kappa shape index (κ2) is 27.3. The minimum absolute atomic E-state index is 0. The number of nitrogens with two attached hydrogens (primary N) is 2. The monoisotopic (exact) mass is 706 g/mol. The minimum Gasteiger partial charge on any atom is -0.494 e. The molecule has 2 aromatic rings. The van der Waals surface area contributed by atoms with E-state index in [-0.39, 0.29) is 73.5 Å². The van der Waals surface area contributed by atoms with E-state index in [9.17, 15) is 9.59 Å². The van der Waals surface area contributed by atoms with Crippen molar-refractivity contribution in [3.8, 4) is 11.5 Å². The standard InChI is InChI=1S/C28H42N4O4S2.4ClH/c1-21(33)31-25-9-13-27(14-10-25)35-17-5-3-7-23(29)19-37-38-20-24(30)8-4-6-18-36-28-15-11-26(12-16-28)32-22(2)34;;;;/h9-16,23-24H,3-8,17-20,29-30H2,1-2H3,(H,31,33)(H,32,34);4*1H. The third-order valence-corrected chi connectivity index (χ3v) is 8.08. The van der Waals surface area contributed by atoms with Crippen molar-refractivity contribution < 1.29 is 19.1 Å². The number of carbonyl (C=O) groups excluding carboxylic acids is 2. The van der Waals surface area contributed by atoms with Gasteiger partial charge in [0.05, 0.1) is 13.2 Å². The van der Waals surface area contributed by atoms with Crippen molar-refractivity contribution in [1.82, 2.24) is 0 Å². The van der Waals surface area contributed by atoms with Gasteiger partial charge in [-0.25, -0.2) is 0 Å². The summed E-state index contributed by atoms with van der Waals surface area (Å²) in [5, 5.41) is 5.48. The molecule has 0 radical (unpaired) electrons. The number of anilines is 2. The van der Waals surface area contributed by atoms with Crippen molar-refractivity contribution in [1.29, 1.82) is 0 Å². The van der Waals surface area contributed by atoms with Gasteiger partial charge < -0.3 is 31.6 Å². The predicted octanol–water partition coefficient (Wildman–Crippen LogP) is 7.13. The minimum atomic E-state index is -0.0860. The molecule has 2 rings (SSSR count). The second-order valence-corrected chi connectivity index (χ2v) is 11.7. The smallest absolute Gasteiger partial charge is 0.221 e. The van der Waals surface area contributed by atoms with Crippen molar-refractivity contribution in [2.45, 2.75) is 64.5 Å². The van der Waals surface area contributed by atoms with Crippen LogP contribution in [0, 0.1) is 0 Å². The lowest BCUT2D eigenvalue weighted by Crippen LogP contribution is -2.24. The van der Waals surface area contributed by atoms with Gasteiger partial charge in [-0.2, -0.15) is 0 Å². The SMILES string of the molecule is CC(=O)Nc1ccc(OCCCCC(N)CSSCC(N)CCCCOc2ccc(NC(C)=O)cc2)cc1.Cl.Cl.Cl.Cl. The Morgan fingerprint density at radius 1 is 0.643 bits per heavy atom. The van der Waals surface area contributed by atoms with Crippen LogP contribution in [0.4, 0.5) is 11.4 Å². The number of ether oxygens (including phenoxy) is 2. The Hall–Kier alpha value is -1.24. The third-order valence-electron chi connectivity index (χ3n) is 5.47. The Morgan fingerprint density at radius 2 is 0.976 bits per heavy atom. The Labute approximate surface area is 283 Å². The zero-order valence-corrected chi connectivity index (χ0v) is 29.0. The number of benzene rings is 2. The van der Waals surface area contributed by atoms with Crippen LogP contribution in [0.3, 0.4) is 0 Å². The Morgan fingerprint density at radius 3 is 1.29 bits per heavy atom. The number of halogens is 4. The molecule has 14 heteroatoms. The zero-order valence-electron chi connectivity index (χ0n) is 24.1. The van der Waals surface area contributed by atoms with Gasteiger partial charge in [-0.3, -0.25) is 9.59 Å². The molecule has 0 aliphatic rings. The van der Waals surface area contributed by atoms with Gasteiger partial charge in [-0.05, 0) is 87.1 Å². The van der Waals surface area contributed by atoms with Gasteiger partial charge in [0.2, 0.25) is 11.8 Å². The van der Waals surface area contributed by atoms with Crippen LogP contribution in [-0.4, -0.2) is 48.6 Å². The lowest BCUT2D eigenvalue weighted by atomic mass is 10.1. The highest BCUT2D eigenvalue weighted by Crippen LogP contribution is 2.24. The van der Waals surface area contributed by atoms with Gasteiger partial charge in [0.1, 0.15) is 11.5 Å². The van der Waals surface area contributed by atoms with Gasteiger partial charge in [-0.15, -0.1) is 49.6 Å². The van der Waals surface area contributed by atoms with E-state index in [0.717, 1.165) is 72.9 Å². The summed E-state index contributed by atoms with van der Waals surface area (Å²) in [5.41, 5.74) is 14.0. The molecule has 2 aromatic carbocycles. The molecular formula is C28H46Cl4N4O4S2. The average Bonchev–Trinajstić information content (AvgIpc) is 2.87. The van der Waals surface area contributed by atoms with Gasteiger partial charge in [-0.1, -0.05) is 21.6 Å². The van der Waals surface area contributed by atoms with E-state index in [1.54, 1.807) is 21.6 Å². The van der Waals surface area contributed by atoms with Crippen LogP contribution < -0.4 is 31.6 Å². The first-order valence-corrected chi connectivity index (χ1v) is 15.6. The number of hydrogen-bond donors (Lipinski definition) is 4. The third kappa shape index (κ3) is 22.3. The summed E-state index contributed by atoms with van der Waals surface area (Å²) < 4.78 is 11.5. The molecule has 2 unspecified atom stereocenters. The van der Waals surface area contributed by atoms with E-state index in [4.69, 9.17) is 20.9 Å². The lowest BCUT2D eigenvalue weighted by molar-refractivity contribution is -0.115. The molecule has 0 aromatic heterocycles. The number of carbonyl (C=O) groups is 2. The summed E-state index contributed by atoms with van der Waals surface area (Å²) in [5.74, 6) is 3.26. The number of amides is 2. The summed E-state index contributed by atoms with van der Waals surface area (Å²) in [4.78, 5) is 22.1. The van der Waals surface area contributed by atoms with E-state index in [0.29, 0.717) is 13.2 Å². The molecule has 2 atom stereocenters. The molecule has 2 amide bonds. The molecule has 0 heterocycles. The second-order valence-electron chi connectivity index (χ2n) is 9.19. The highest BCUT2D eigenvalue weighted by atomic mass is 35.5. The summed E-state index contributed by atoms with van der Waals surface area (Å²) in [7, 11) is 3.60. The first kappa shape index (κ1) is 45.2. The van der Waals surface area contributed by atoms with Crippen LogP contribution in [0.15, 0.2) is 48.5 Å². The van der Waals surface area contributed by atoms with E-state index in [1.165, 1.54) is 13.8 Å². The summed E-state index contributed by atoms with van der Waals surface area (Å²) in [6.07, 6.45) is 5.90. The van der Waals surface area contributed by atoms with Gasteiger partial charge in [0, 0.05) is 48.8 Å². The molecule has 8 nitrogen and oxygen atoms in total. The van der Waals surface area contributed by atoms with Crippen molar-refractivity contribution >= 4 is 94.4 Å². The van der Waals surface area contributed by atoms with E-state index < -0.39 is 0 Å². The number of hydrogen-bond acceptors (Lipinski definition) is 8. The van der Waals surface area contributed by atoms with Crippen LogP contribution in [0.25, 0.3) is 0 Å². The predicted molar refractivity (Wildman–Crippen MR) is 190 cm³/mol. The average molecular weight is 709 g/mol. The molecule has 42 heavy (non-hydrogen) atoms. The van der Waals surface area contributed by atoms with E-state index in [2.05, 4.69) is 10.6 Å². The molecule has 0 fully saturated rings. The topological polar surface area (TPSA) is 129 Å². The van der Waals surface area contributed by atoms with Crippen molar-refractivity contribution in [3.63, 3.8) is 0 Å². The molecule has 242 valence electrons. The van der Waals surface area contributed by atoms with E-state index in [1.807, 2.05) is 48.5 Å². The summed E-state index contributed by atoms with van der Waals surface area (Å²) in [6.45, 7) is 4.28. The number of rotatable bonds is 19. The zero-order chi connectivity index (χ0) is 27.6. The van der Waals surface area contributed by atoms with E-state index >= 15 is 0 Å². The van der Waals surface area contributed by atoms with Crippen molar-refractivity contribution in [2.24, 2.45) is 11.5 Å². The Balaban J connectivity index is -0.00000380. The fourth-order valence-electron chi connectivity index (χ4n) is 3.51. The maximum absolute atomic E-state index is 11.1. The lowest BCUT2D eigenvalue weighted by Gasteiger charge is -2.13. The molecule has 0 saturated heterocycles. The van der Waals surface area contributed by atoms with Gasteiger partial charge >= 0.3 is 0 Å². The highest BCUT2D eigenvalue weighted by molar-refractivity contribution is 8.76. The quantitative estimate of drug-likeness (QED) is 0.0897. The molecule has 0 saturated carbocycles. The number of nitrogens with one attached hydrogen (secondary N) is 2. The van der Waals surface area contributed by atoms with Crippen molar-refractivity contribution in [2.75, 3.05) is 35.4 Å². The molecule has 0 bridgehead atoms. The Bertz CT molecular complexity index is 886. The molecule has 0 spiro atoms. The first-order chi connectivity index (χ1) is 18.3. The number of unbranched alkanes of at least 4 members (excludes halogenated alkanes) is 2. The highest BCUT2D eigenvalue weighted by Gasteiger charge is 2.07.